The highest BCUT2D eigenvalue weighted by molar-refractivity contribution is 4.24. The third-order valence-electron chi connectivity index (χ3n) is 0.484. The van der Waals surface area contributed by atoms with Gasteiger partial charge in [0.25, 0.3) is 0 Å². The van der Waals surface area contributed by atoms with Crippen LogP contribution < -0.4 is 0 Å². The molecule has 0 aromatic rings. The Morgan fingerprint density at radius 2 is 1.07 bits per heavy atom. The fourth-order valence-electron chi connectivity index (χ4n) is 0.186. The molecule has 0 rings (SSSR count). The molecule has 0 atom stereocenters. The second-order valence-electron chi connectivity index (χ2n) is 1.83. The minimum atomic E-state index is -0.252. The lowest BCUT2D eigenvalue weighted by molar-refractivity contribution is -0.863. The smallest absolute Gasteiger partial charge is 0.0906 e. The van der Waals surface area contributed by atoms with Crippen LogP contribution in [0.5, 0.6) is 0 Å². The second-order valence-corrected chi connectivity index (χ2v) is 1.83. The van der Waals surface area contributed by atoms with Crippen molar-refractivity contribution < 1.29 is 60.5 Å². The molecule has 92 valence electrons. The molecule has 0 aliphatic rings. The van der Waals surface area contributed by atoms with E-state index in [1.807, 2.05) is 0 Å². The minimum absolute atomic E-state index is 0.252. The molecule has 0 heterocycles. The van der Waals surface area contributed by atoms with E-state index in [-0.39, 0.29) is 6.10 Å². The van der Waals surface area contributed by atoms with Crippen molar-refractivity contribution in [1.29, 1.82) is 0 Å². The van der Waals surface area contributed by atoms with Crippen LogP contribution in [0.2, 0.25) is 0 Å². The first kappa shape index (κ1) is 14.5. The summed E-state index contributed by atoms with van der Waals surface area (Å²) in [5.41, 5.74) is 0. The largest absolute Gasteiger partial charge is 0.219 e. The predicted molar refractivity (Wildman–Crippen MR) is 29.7 cm³/mol. The molecule has 0 saturated heterocycles. The molecule has 0 aliphatic heterocycles. The van der Waals surface area contributed by atoms with Gasteiger partial charge >= 0.3 is 0 Å². The summed E-state index contributed by atoms with van der Waals surface area (Å²) in [7, 11) is 0. The molecule has 15 heavy (non-hydrogen) atoms. The summed E-state index contributed by atoms with van der Waals surface area (Å²) < 4.78 is 0. The Bertz CT molecular complexity index is 115. The lowest BCUT2D eigenvalue weighted by Gasteiger charge is -2.01. The maximum absolute atomic E-state index is 7.48. The van der Waals surface area contributed by atoms with Gasteiger partial charge in [0, 0.05) is 0 Å². The molecule has 1 N–H and O–H groups in total. The molecule has 0 bridgehead atoms. The summed E-state index contributed by atoms with van der Waals surface area (Å²) in [6.45, 7) is 3.33. The Morgan fingerprint density at radius 3 is 1.47 bits per heavy atom. The molecular formula is C3H8O12. The molecule has 0 fully saturated rings. The highest BCUT2D eigenvalue weighted by Gasteiger charge is 1.98. The van der Waals surface area contributed by atoms with Crippen LogP contribution in [-0.2, 0) is 55.3 Å². The standard InChI is InChI=1S/C3H8O12/c1-3(2)5-7-9-11-13-15-14-12-10-8-6-4/h3-4H,1-2H3. The summed E-state index contributed by atoms with van der Waals surface area (Å²) in [6, 6.07) is 0. The SMILES string of the molecule is CC(C)OOOOOOOOOOOO. The molecule has 0 aromatic heterocycles. The molecule has 0 aromatic carbocycles. The van der Waals surface area contributed by atoms with E-state index in [0.29, 0.717) is 0 Å². The summed E-state index contributed by atoms with van der Waals surface area (Å²) in [5, 5.41) is 42.4. The van der Waals surface area contributed by atoms with Gasteiger partial charge in [-0.1, -0.05) is 0 Å². The Morgan fingerprint density at radius 1 is 0.667 bits per heavy atom. The Balaban J connectivity index is 2.87. The Labute approximate surface area is 81.7 Å². The fourth-order valence-corrected chi connectivity index (χ4v) is 0.186. The minimum Gasteiger partial charge on any atom is -0.219 e. The maximum atomic E-state index is 7.48. The van der Waals surface area contributed by atoms with Gasteiger partial charge < -0.3 is 0 Å². The van der Waals surface area contributed by atoms with Crippen LogP contribution in [0.1, 0.15) is 13.8 Å². The van der Waals surface area contributed by atoms with E-state index in [1.165, 1.54) is 0 Å². The van der Waals surface area contributed by atoms with Crippen LogP contribution in [0.3, 0.4) is 0 Å². The van der Waals surface area contributed by atoms with Crippen LogP contribution in [-0.4, -0.2) is 11.4 Å². The molecular weight excluding hydrogens is 228 g/mol. The molecule has 0 amide bonds. The van der Waals surface area contributed by atoms with Crippen molar-refractivity contribution in [2.75, 3.05) is 0 Å². The summed E-state index contributed by atoms with van der Waals surface area (Å²) in [5.74, 6) is 0. The van der Waals surface area contributed by atoms with Crippen molar-refractivity contribution in [3.05, 3.63) is 0 Å². The van der Waals surface area contributed by atoms with Crippen molar-refractivity contribution in [1.82, 2.24) is 0 Å². The van der Waals surface area contributed by atoms with Crippen LogP contribution in [0.25, 0.3) is 0 Å². The highest BCUT2D eigenvalue weighted by atomic mass is 18.0. The van der Waals surface area contributed by atoms with Gasteiger partial charge in [0.05, 0.1) is 6.10 Å². The fraction of sp³-hybridized carbons (Fsp3) is 1.00. The molecule has 0 aliphatic carbocycles. The average Bonchev–Trinajstić information content (AvgIpc) is 2.20. The van der Waals surface area contributed by atoms with E-state index in [2.05, 4.69) is 55.3 Å². The summed E-state index contributed by atoms with van der Waals surface area (Å²) >= 11 is 0. The maximum Gasteiger partial charge on any atom is 0.0906 e. The van der Waals surface area contributed by atoms with Crippen LogP contribution >= 0.6 is 0 Å². The van der Waals surface area contributed by atoms with Crippen molar-refractivity contribution >= 4 is 0 Å². The Kier molecular flexibility index (Phi) is 11.2. The lowest BCUT2D eigenvalue weighted by atomic mass is 10.5. The Hall–Kier alpha value is -0.480. The quantitative estimate of drug-likeness (QED) is 0.299. The zero-order valence-corrected chi connectivity index (χ0v) is 7.52. The average molecular weight is 236 g/mol. The van der Waals surface area contributed by atoms with Crippen molar-refractivity contribution in [2.45, 2.75) is 20.0 Å². The van der Waals surface area contributed by atoms with Gasteiger partial charge in [-0.3, -0.25) is 0 Å². The van der Waals surface area contributed by atoms with Crippen LogP contribution in [0.4, 0.5) is 0 Å². The number of hydrogen-bond acceptors (Lipinski definition) is 12. The first-order chi connectivity index (χ1) is 7.27. The monoisotopic (exact) mass is 236 g/mol. The van der Waals surface area contributed by atoms with E-state index >= 15 is 0 Å². The van der Waals surface area contributed by atoms with E-state index in [1.54, 1.807) is 13.8 Å². The predicted octanol–water partition coefficient (Wildman–Crippen LogP) is 0.200. The van der Waals surface area contributed by atoms with E-state index in [0.717, 1.165) is 0 Å². The van der Waals surface area contributed by atoms with Gasteiger partial charge in [-0.05, 0) is 64.2 Å². The van der Waals surface area contributed by atoms with Crippen LogP contribution in [0.15, 0.2) is 0 Å². The highest BCUT2D eigenvalue weighted by Crippen LogP contribution is 1.93. The van der Waals surface area contributed by atoms with Gasteiger partial charge in [0.2, 0.25) is 0 Å². The van der Waals surface area contributed by atoms with Crippen LogP contribution in [0, 0.1) is 0 Å². The van der Waals surface area contributed by atoms with Crippen molar-refractivity contribution in [3.8, 4) is 0 Å². The first-order valence-electron chi connectivity index (χ1n) is 3.24. The van der Waals surface area contributed by atoms with Gasteiger partial charge in [-0.25, -0.2) is 10.1 Å². The zero-order valence-electron chi connectivity index (χ0n) is 7.52. The molecule has 0 unspecified atom stereocenters. The first-order valence-corrected chi connectivity index (χ1v) is 3.24. The molecule has 0 spiro atoms. The van der Waals surface area contributed by atoms with E-state index in [4.69, 9.17) is 5.26 Å². The molecule has 12 nitrogen and oxygen atoms in total. The molecule has 12 heteroatoms. The third kappa shape index (κ3) is 13.5. The number of rotatable bonds is 11. The van der Waals surface area contributed by atoms with Crippen molar-refractivity contribution in [2.24, 2.45) is 0 Å². The second kappa shape index (κ2) is 11.6. The topological polar surface area (TPSA) is 122 Å². The zero-order chi connectivity index (χ0) is 11.4. The van der Waals surface area contributed by atoms with Gasteiger partial charge in [0.15, 0.2) is 0 Å². The normalized spacial score (nSPS) is 11.2. The van der Waals surface area contributed by atoms with Crippen molar-refractivity contribution in [3.63, 3.8) is 0 Å². The lowest BCUT2D eigenvalue weighted by Crippen LogP contribution is -2.06. The number of hydrogen-bond donors (Lipinski definition) is 1. The van der Waals surface area contributed by atoms with E-state index < -0.39 is 0 Å². The molecule has 0 radical (unpaired) electrons. The molecule has 0 saturated carbocycles. The van der Waals surface area contributed by atoms with E-state index in [9.17, 15) is 0 Å². The summed E-state index contributed by atoms with van der Waals surface area (Å²) in [6.07, 6.45) is -0.252. The third-order valence-corrected chi connectivity index (χ3v) is 0.484. The van der Waals surface area contributed by atoms with Gasteiger partial charge in [0.1, 0.15) is 0 Å². The van der Waals surface area contributed by atoms with Gasteiger partial charge in [-0.15, -0.1) is 0 Å². The summed E-state index contributed by atoms with van der Waals surface area (Å²) in [4.78, 5) is 4.36. The van der Waals surface area contributed by atoms with Gasteiger partial charge in [-0.2, -0.15) is 0 Å².